The first-order valence-electron chi connectivity index (χ1n) is 9.02. The Balaban J connectivity index is 1.59. The van der Waals surface area contributed by atoms with Gasteiger partial charge in [-0.2, -0.15) is 5.10 Å². The van der Waals surface area contributed by atoms with Crippen LogP contribution in [0, 0.1) is 18.6 Å². The van der Waals surface area contributed by atoms with E-state index in [1.165, 1.54) is 12.1 Å². The summed E-state index contributed by atoms with van der Waals surface area (Å²) in [6.07, 6.45) is 4.51. The third-order valence-corrected chi connectivity index (χ3v) is 5.20. The summed E-state index contributed by atoms with van der Waals surface area (Å²) in [7, 11) is 0. The second-order valence-corrected chi connectivity index (χ2v) is 7.04. The van der Waals surface area contributed by atoms with E-state index in [1.807, 2.05) is 6.07 Å². The number of halogens is 2. The molecule has 0 N–H and O–H groups in total. The zero-order chi connectivity index (χ0) is 19.0. The zero-order valence-corrected chi connectivity index (χ0v) is 15.0. The first-order chi connectivity index (χ1) is 13.1. The molecular weight excluding hydrogens is 350 g/mol. The Morgan fingerprint density at radius 2 is 2.11 bits per heavy atom. The quantitative estimate of drug-likeness (QED) is 0.660. The van der Waals surface area contributed by atoms with E-state index in [4.69, 9.17) is 0 Å². The van der Waals surface area contributed by atoms with Crippen LogP contribution in [0.3, 0.4) is 0 Å². The highest BCUT2D eigenvalue weighted by atomic mass is 19.2. The predicted molar refractivity (Wildman–Crippen MR) is 96.7 cm³/mol. The van der Waals surface area contributed by atoms with Crippen LogP contribution in [0.5, 0.6) is 0 Å². The highest BCUT2D eigenvalue weighted by molar-refractivity contribution is 5.85. The molecule has 1 saturated heterocycles. The van der Waals surface area contributed by atoms with Crippen LogP contribution in [-0.4, -0.2) is 38.9 Å². The number of piperidine rings is 1. The normalized spacial score (nSPS) is 18.1. The monoisotopic (exact) mass is 370 g/mol. The fourth-order valence-electron chi connectivity index (χ4n) is 3.87. The summed E-state index contributed by atoms with van der Waals surface area (Å²) in [6, 6.07) is 6.00. The topological polar surface area (TPSA) is 50.5 Å². The fourth-order valence-corrected chi connectivity index (χ4v) is 3.87. The molecule has 5 nitrogen and oxygen atoms in total. The highest BCUT2D eigenvalue weighted by Gasteiger charge is 2.25. The van der Waals surface area contributed by atoms with E-state index < -0.39 is 11.6 Å². The lowest BCUT2D eigenvalue weighted by molar-refractivity contribution is 0.112. The number of likely N-dealkylation sites (tertiary alicyclic amines) is 1. The van der Waals surface area contributed by atoms with Gasteiger partial charge in [0.05, 0.1) is 17.0 Å². The van der Waals surface area contributed by atoms with Crippen LogP contribution in [-0.2, 0) is 6.54 Å². The van der Waals surface area contributed by atoms with E-state index in [9.17, 15) is 13.6 Å². The van der Waals surface area contributed by atoms with Gasteiger partial charge in [0, 0.05) is 25.2 Å². The van der Waals surface area contributed by atoms with E-state index in [2.05, 4.69) is 15.0 Å². The summed E-state index contributed by atoms with van der Waals surface area (Å²) in [4.78, 5) is 17.9. The van der Waals surface area contributed by atoms with Crippen LogP contribution < -0.4 is 0 Å². The number of hydrogen-bond acceptors (Lipinski definition) is 4. The summed E-state index contributed by atoms with van der Waals surface area (Å²) in [5, 5.41) is 4.50. The first-order valence-corrected chi connectivity index (χ1v) is 9.02. The van der Waals surface area contributed by atoms with E-state index in [1.54, 1.807) is 23.7 Å². The largest absolute Gasteiger partial charge is 0.298 e. The lowest BCUT2D eigenvalue weighted by Gasteiger charge is -2.33. The zero-order valence-electron chi connectivity index (χ0n) is 15.0. The molecule has 0 bridgehead atoms. The van der Waals surface area contributed by atoms with E-state index in [0.29, 0.717) is 23.4 Å². The number of aryl methyl sites for hydroxylation is 1. The highest BCUT2D eigenvalue weighted by Crippen LogP contribution is 2.28. The molecule has 0 amide bonds. The van der Waals surface area contributed by atoms with Crippen LogP contribution >= 0.6 is 0 Å². The van der Waals surface area contributed by atoms with Crippen LogP contribution in [0.1, 0.15) is 46.1 Å². The van der Waals surface area contributed by atoms with Gasteiger partial charge in [0.25, 0.3) is 0 Å². The molecule has 7 heteroatoms. The second kappa shape index (κ2) is 7.15. The molecule has 140 valence electrons. The maximum Gasteiger partial charge on any atom is 0.166 e. The number of carbonyl (C=O) groups excluding carboxylic acids is 1. The smallest absolute Gasteiger partial charge is 0.166 e. The van der Waals surface area contributed by atoms with E-state index in [-0.39, 0.29) is 5.92 Å². The number of aromatic nitrogens is 3. The van der Waals surface area contributed by atoms with Gasteiger partial charge in [0.2, 0.25) is 0 Å². The number of benzene rings is 1. The molecule has 0 saturated carbocycles. The molecule has 1 aromatic carbocycles. The van der Waals surface area contributed by atoms with Gasteiger partial charge >= 0.3 is 0 Å². The Kier molecular flexibility index (Phi) is 4.70. The minimum Gasteiger partial charge on any atom is -0.298 e. The van der Waals surface area contributed by atoms with Crippen molar-refractivity contribution < 1.29 is 13.6 Å². The lowest BCUT2D eigenvalue weighted by atomic mass is 9.94. The predicted octanol–water partition coefficient (Wildman–Crippen LogP) is 3.51. The molecule has 1 aliphatic heterocycles. The van der Waals surface area contributed by atoms with Gasteiger partial charge in [-0.1, -0.05) is 6.07 Å². The molecule has 3 aromatic rings. The van der Waals surface area contributed by atoms with Crippen molar-refractivity contribution in [1.82, 2.24) is 19.5 Å². The Hall–Kier alpha value is -2.67. The van der Waals surface area contributed by atoms with Crippen LogP contribution in [0.25, 0.3) is 5.65 Å². The average molecular weight is 370 g/mol. The number of rotatable bonds is 4. The summed E-state index contributed by atoms with van der Waals surface area (Å²) >= 11 is 0. The van der Waals surface area contributed by atoms with Gasteiger partial charge in [-0.15, -0.1) is 0 Å². The van der Waals surface area contributed by atoms with Crippen molar-refractivity contribution in [1.29, 1.82) is 0 Å². The van der Waals surface area contributed by atoms with Crippen molar-refractivity contribution in [3.63, 3.8) is 0 Å². The molecule has 4 rings (SSSR count). The molecule has 3 heterocycles. The Labute approximate surface area is 155 Å². The molecule has 0 aliphatic carbocycles. The van der Waals surface area contributed by atoms with Crippen molar-refractivity contribution in [2.45, 2.75) is 32.2 Å². The van der Waals surface area contributed by atoms with Gasteiger partial charge in [-0.3, -0.25) is 9.69 Å². The minimum absolute atomic E-state index is 0.230. The van der Waals surface area contributed by atoms with Crippen molar-refractivity contribution in [3.05, 3.63) is 64.6 Å². The molecule has 1 aliphatic rings. The second-order valence-electron chi connectivity index (χ2n) is 7.04. The number of aldehydes is 1. The molecular formula is C20H20F2N4O. The van der Waals surface area contributed by atoms with Crippen molar-refractivity contribution in [3.8, 4) is 0 Å². The number of carbonyl (C=O) groups is 1. The Bertz CT molecular complexity index is 1000. The van der Waals surface area contributed by atoms with Gasteiger partial charge in [0.1, 0.15) is 0 Å². The Morgan fingerprint density at radius 1 is 1.26 bits per heavy atom. The molecule has 0 spiro atoms. The van der Waals surface area contributed by atoms with Crippen molar-refractivity contribution >= 4 is 11.9 Å². The standard InChI is InChI=1S/C20H20F2N4O/c1-13-16(12-27)20-23-7-6-19(26(20)24-13)15-3-2-8-25(11-15)10-14-4-5-17(21)18(22)9-14/h4-7,9,12,15H,2-3,8,10-11H2,1H3/t15-/m0/s1. The number of fused-ring (bicyclic) bond motifs is 1. The maximum atomic E-state index is 13.5. The summed E-state index contributed by atoms with van der Waals surface area (Å²) in [5.74, 6) is -1.41. The molecule has 1 fully saturated rings. The van der Waals surface area contributed by atoms with Crippen LogP contribution in [0.2, 0.25) is 0 Å². The summed E-state index contributed by atoms with van der Waals surface area (Å²) in [6.45, 7) is 4.06. The van der Waals surface area contributed by atoms with Gasteiger partial charge in [-0.25, -0.2) is 18.3 Å². The third kappa shape index (κ3) is 3.35. The van der Waals surface area contributed by atoms with Crippen LogP contribution in [0.15, 0.2) is 30.5 Å². The molecule has 1 atom stereocenters. The van der Waals surface area contributed by atoms with Gasteiger partial charge in [-0.05, 0) is 50.1 Å². The minimum atomic E-state index is -0.825. The van der Waals surface area contributed by atoms with Crippen LogP contribution in [0.4, 0.5) is 8.78 Å². The molecule has 27 heavy (non-hydrogen) atoms. The molecule has 2 aromatic heterocycles. The SMILES string of the molecule is Cc1nn2c([C@H]3CCCN(Cc4ccc(F)c(F)c4)C3)ccnc2c1C=O. The Morgan fingerprint density at radius 3 is 2.89 bits per heavy atom. The summed E-state index contributed by atoms with van der Waals surface area (Å²) < 4.78 is 28.4. The number of nitrogens with zero attached hydrogens (tertiary/aromatic N) is 4. The lowest BCUT2D eigenvalue weighted by Crippen LogP contribution is -2.34. The molecule has 0 unspecified atom stereocenters. The maximum absolute atomic E-state index is 13.5. The molecule has 0 radical (unpaired) electrons. The average Bonchev–Trinajstić information content (AvgIpc) is 3.00. The van der Waals surface area contributed by atoms with Gasteiger partial charge in [0.15, 0.2) is 23.6 Å². The fraction of sp³-hybridized carbons (Fsp3) is 0.350. The van der Waals surface area contributed by atoms with Crippen molar-refractivity contribution in [2.24, 2.45) is 0 Å². The van der Waals surface area contributed by atoms with Gasteiger partial charge < -0.3 is 0 Å². The first kappa shape index (κ1) is 17.7. The van der Waals surface area contributed by atoms with E-state index >= 15 is 0 Å². The number of hydrogen-bond donors (Lipinski definition) is 0. The van der Waals surface area contributed by atoms with E-state index in [0.717, 1.165) is 43.5 Å². The van der Waals surface area contributed by atoms with Crippen molar-refractivity contribution in [2.75, 3.05) is 13.1 Å². The summed E-state index contributed by atoms with van der Waals surface area (Å²) in [5.41, 5.74) is 3.54. The third-order valence-electron chi connectivity index (χ3n) is 5.20.